The SMILES string of the molecule is Cc1cc(C(C)Nc2ccc(N)c3ncccc23)c(C)o1. The van der Waals surface area contributed by atoms with Crippen LogP contribution in [0, 0.1) is 13.8 Å². The number of nitrogens with two attached hydrogens (primary N) is 1. The minimum Gasteiger partial charge on any atom is -0.466 e. The van der Waals surface area contributed by atoms with E-state index < -0.39 is 0 Å². The second-order valence-electron chi connectivity index (χ2n) is 5.34. The molecule has 0 aliphatic rings. The molecule has 4 heteroatoms. The van der Waals surface area contributed by atoms with Gasteiger partial charge in [0.15, 0.2) is 0 Å². The number of rotatable bonds is 3. The van der Waals surface area contributed by atoms with E-state index in [0.717, 1.165) is 28.1 Å². The van der Waals surface area contributed by atoms with Crippen LogP contribution in [0.2, 0.25) is 0 Å². The van der Waals surface area contributed by atoms with Crippen molar-refractivity contribution < 1.29 is 4.42 Å². The third-order valence-electron chi connectivity index (χ3n) is 3.72. The normalized spacial score (nSPS) is 12.5. The fraction of sp³-hybridized carbons (Fsp3) is 0.235. The number of benzene rings is 1. The van der Waals surface area contributed by atoms with Gasteiger partial charge in [0.2, 0.25) is 0 Å². The zero-order valence-corrected chi connectivity index (χ0v) is 12.5. The Hall–Kier alpha value is -2.49. The van der Waals surface area contributed by atoms with Gasteiger partial charge in [0.25, 0.3) is 0 Å². The molecule has 3 N–H and O–H groups in total. The lowest BCUT2D eigenvalue weighted by Gasteiger charge is -2.17. The van der Waals surface area contributed by atoms with E-state index in [-0.39, 0.29) is 6.04 Å². The Morgan fingerprint density at radius 3 is 2.76 bits per heavy atom. The number of hydrogen-bond donors (Lipinski definition) is 2. The lowest BCUT2D eigenvalue weighted by Crippen LogP contribution is -2.07. The minimum atomic E-state index is 0.148. The predicted molar refractivity (Wildman–Crippen MR) is 86.4 cm³/mol. The van der Waals surface area contributed by atoms with Crippen molar-refractivity contribution in [2.75, 3.05) is 11.1 Å². The lowest BCUT2D eigenvalue weighted by molar-refractivity contribution is 0.500. The first-order chi connectivity index (χ1) is 10.1. The lowest BCUT2D eigenvalue weighted by atomic mass is 10.1. The molecule has 0 bridgehead atoms. The van der Waals surface area contributed by atoms with E-state index in [1.807, 2.05) is 38.1 Å². The van der Waals surface area contributed by atoms with Crippen LogP contribution in [0.4, 0.5) is 11.4 Å². The molecule has 2 aromatic heterocycles. The van der Waals surface area contributed by atoms with Crippen LogP contribution in [-0.4, -0.2) is 4.98 Å². The van der Waals surface area contributed by atoms with Crippen molar-refractivity contribution in [3.05, 3.63) is 53.6 Å². The Labute approximate surface area is 124 Å². The summed E-state index contributed by atoms with van der Waals surface area (Å²) in [6.45, 7) is 6.07. The number of anilines is 2. The van der Waals surface area contributed by atoms with E-state index in [2.05, 4.69) is 23.3 Å². The van der Waals surface area contributed by atoms with Crippen molar-refractivity contribution in [2.24, 2.45) is 0 Å². The molecule has 1 aromatic carbocycles. The molecular formula is C17H19N3O. The summed E-state index contributed by atoms with van der Waals surface area (Å²) < 4.78 is 5.61. The third kappa shape index (κ3) is 2.44. The van der Waals surface area contributed by atoms with Crippen LogP contribution < -0.4 is 11.1 Å². The molecule has 3 aromatic rings. The molecule has 2 heterocycles. The monoisotopic (exact) mass is 281 g/mol. The summed E-state index contributed by atoms with van der Waals surface area (Å²) in [6, 6.07) is 10.1. The van der Waals surface area contributed by atoms with Crippen LogP contribution in [0.25, 0.3) is 10.9 Å². The fourth-order valence-electron chi connectivity index (χ4n) is 2.71. The number of nitrogens with zero attached hydrogens (tertiary/aromatic N) is 1. The maximum atomic E-state index is 5.99. The van der Waals surface area contributed by atoms with E-state index in [4.69, 9.17) is 10.2 Å². The average molecular weight is 281 g/mol. The van der Waals surface area contributed by atoms with E-state index >= 15 is 0 Å². The fourth-order valence-corrected chi connectivity index (χ4v) is 2.71. The van der Waals surface area contributed by atoms with Gasteiger partial charge in [0.05, 0.1) is 17.2 Å². The molecule has 21 heavy (non-hydrogen) atoms. The molecule has 0 radical (unpaired) electrons. The molecular weight excluding hydrogens is 262 g/mol. The Balaban J connectivity index is 1.99. The topological polar surface area (TPSA) is 64.1 Å². The molecule has 1 unspecified atom stereocenters. The maximum absolute atomic E-state index is 5.99. The number of pyridine rings is 1. The van der Waals surface area contributed by atoms with Crippen LogP contribution in [0.3, 0.4) is 0 Å². The molecule has 108 valence electrons. The Kier molecular flexibility index (Phi) is 3.29. The van der Waals surface area contributed by atoms with Crippen LogP contribution in [-0.2, 0) is 0 Å². The summed E-state index contributed by atoms with van der Waals surface area (Å²) in [5.74, 6) is 1.88. The molecule has 0 saturated heterocycles. The summed E-state index contributed by atoms with van der Waals surface area (Å²) >= 11 is 0. The average Bonchev–Trinajstić information content (AvgIpc) is 2.81. The van der Waals surface area contributed by atoms with Gasteiger partial charge in [-0.1, -0.05) is 0 Å². The van der Waals surface area contributed by atoms with Gasteiger partial charge in [0.1, 0.15) is 11.5 Å². The Morgan fingerprint density at radius 2 is 2.05 bits per heavy atom. The summed E-state index contributed by atoms with van der Waals surface area (Å²) in [6.07, 6.45) is 1.76. The smallest absolute Gasteiger partial charge is 0.106 e. The van der Waals surface area contributed by atoms with Crippen molar-refractivity contribution >= 4 is 22.3 Å². The number of aryl methyl sites for hydroxylation is 2. The first kappa shape index (κ1) is 13.5. The van der Waals surface area contributed by atoms with Crippen LogP contribution in [0.15, 0.2) is 40.9 Å². The molecule has 0 aliphatic heterocycles. The molecule has 0 saturated carbocycles. The van der Waals surface area contributed by atoms with Gasteiger partial charge in [-0.05, 0) is 51.1 Å². The number of hydrogen-bond acceptors (Lipinski definition) is 4. The number of nitrogens with one attached hydrogen (secondary N) is 1. The highest BCUT2D eigenvalue weighted by Crippen LogP contribution is 2.30. The largest absolute Gasteiger partial charge is 0.466 e. The van der Waals surface area contributed by atoms with E-state index in [1.165, 1.54) is 5.56 Å². The molecule has 4 nitrogen and oxygen atoms in total. The molecule has 0 aliphatic carbocycles. The van der Waals surface area contributed by atoms with Crippen LogP contribution >= 0.6 is 0 Å². The van der Waals surface area contributed by atoms with Crippen LogP contribution in [0.5, 0.6) is 0 Å². The van der Waals surface area contributed by atoms with E-state index in [9.17, 15) is 0 Å². The Bertz CT molecular complexity index is 792. The van der Waals surface area contributed by atoms with Crippen LogP contribution in [0.1, 0.15) is 30.0 Å². The van der Waals surface area contributed by atoms with E-state index in [0.29, 0.717) is 5.69 Å². The number of fused-ring (bicyclic) bond motifs is 1. The van der Waals surface area contributed by atoms with Crippen molar-refractivity contribution in [3.8, 4) is 0 Å². The quantitative estimate of drug-likeness (QED) is 0.706. The van der Waals surface area contributed by atoms with Gasteiger partial charge in [-0.15, -0.1) is 0 Å². The first-order valence-corrected chi connectivity index (χ1v) is 7.03. The van der Waals surface area contributed by atoms with Gasteiger partial charge in [0, 0.05) is 22.8 Å². The summed E-state index contributed by atoms with van der Waals surface area (Å²) in [7, 11) is 0. The summed E-state index contributed by atoms with van der Waals surface area (Å²) in [4.78, 5) is 4.36. The molecule has 0 spiro atoms. The zero-order chi connectivity index (χ0) is 15.0. The highest BCUT2D eigenvalue weighted by Gasteiger charge is 2.14. The van der Waals surface area contributed by atoms with Crippen molar-refractivity contribution in [2.45, 2.75) is 26.8 Å². The van der Waals surface area contributed by atoms with E-state index in [1.54, 1.807) is 6.20 Å². The highest BCUT2D eigenvalue weighted by molar-refractivity contribution is 5.98. The highest BCUT2D eigenvalue weighted by atomic mass is 16.3. The standard InChI is InChI=1S/C17H19N3O/c1-10-9-14(12(3)21-10)11(2)20-16-7-6-15(18)17-13(16)5-4-8-19-17/h4-9,11,20H,18H2,1-3H3. The molecule has 0 amide bonds. The minimum absolute atomic E-state index is 0.148. The number of nitrogen functional groups attached to an aromatic ring is 1. The van der Waals surface area contributed by atoms with Gasteiger partial charge in [-0.2, -0.15) is 0 Å². The van der Waals surface area contributed by atoms with Gasteiger partial charge in [-0.3, -0.25) is 4.98 Å². The Morgan fingerprint density at radius 1 is 1.24 bits per heavy atom. The molecule has 1 atom stereocenters. The molecule has 3 rings (SSSR count). The van der Waals surface area contributed by atoms with Gasteiger partial charge < -0.3 is 15.5 Å². The second kappa shape index (κ2) is 5.13. The second-order valence-corrected chi connectivity index (χ2v) is 5.34. The van der Waals surface area contributed by atoms with Gasteiger partial charge >= 0.3 is 0 Å². The zero-order valence-electron chi connectivity index (χ0n) is 12.5. The summed E-state index contributed by atoms with van der Waals surface area (Å²) in [5.41, 5.74) is 9.71. The predicted octanol–water partition coefficient (Wildman–Crippen LogP) is 4.20. The summed E-state index contributed by atoms with van der Waals surface area (Å²) in [5, 5.41) is 4.56. The number of furan rings is 1. The maximum Gasteiger partial charge on any atom is 0.106 e. The number of aromatic nitrogens is 1. The van der Waals surface area contributed by atoms with Gasteiger partial charge in [-0.25, -0.2) is 0 Å². The van der Waals surface area contributed by atoms with Crippen molar-refractivity contribution in [1.29, 1.82) is 0 Å². The van der Waals surface area contributed by atoms with Crippen molar-refractivity contribution in [1.82, 2.24) is 4.98 Å². The first-order valence-electron chi connectivity index (χ1n) is 7.03. The third-order valence-corrected chi connectivity index (χ3v) is 3.72. The molecule has 0 fully saturated rings. The van der Waals surface area contributed by atoms with Crippen molar-refractivity contribution in [3.63, 3.8) is 0 Å².